The quantitative estimate of drug-likeness (QED) is 0.883. The summed E-state index contributed by atoms with van der Waals surface area (Å²) >= 11 is 11.8. The van der Waals surface area contributed by atoms with Crippen molar-refractivity contribution in [3.63, 3.8) is 0 Å². The van der Waals surface area contributed by atoms with E-state index in [2.05, 4.69) is 5.32 Å². The van der Waals surface area contributed by atoms with E-state index in [1.165, 1.54) is 0 Å². The van der Waals surface area contributed by atoms with Crippen LogP contribution in [-0.2, 0) is 16.0 Å². The number of benzene rings is 1. The van der Waals surface area contributed by atoms with Crippen LogP contribution in [0, 0.1) is 0 Å². The van der Waals surface area contributed by atoms with Crippen molar-refractivity contribution in [3.05, 3.63) is 33.8 Å². The molecule has 1 amide bonds. The molecule has 0 saturated carbocycles. The minimum atomic E-state index is -1.18. The van der Waals surface area contributed by atoms with Crippen molar-refractivity contribution in [2.24, 2.45) is 0 Å². The maximum atomic E-state index is 11.7. The first kappa shape index (κ1) is 17.6. The van der Waals surface area contributed by atoms with E-state index in [0.717, 1.165) is 0 Å². The van der Waals surface area contributed by atoms with Crippen molar-refractivity contribution >= 4 is 35.3 Å². The van der Waals surface area contributed by atoms with E-state index < -0.39 is 23.7 Å². The molecule has 1 aromatic carbocycles. The third-order valence-corrected chi connectivity index (χ3v) is 3.02. The summed E-state index contributed by atoms with van der Waals surface area (Å²) in [5, 5.41) is 12.3. The highest BCUT2D eigenvalue weighted by Crippen LogP contribution is 2.22. The Hall–Kier alpha value is -1.46. The van der Waals surface area contributed by atoms with Crippen LogP contribution in [0.15, 0.2) is 18.2 Å². The van der Waals surface area contributed by atoms with Gasteiger partial charge < -0.3 is 15.2 Å². The van der Waals surface area contributed by atoms with Crippen molar-refractivity contribution in [2.75, 3.05) is 0 Å². The Labute approximate surface area is 133 Å². The summed E-state index contributed by atoms with van der Waals surface area (Å²) in [6, 6.07) is 3.59. The molecule has 0 fully saturated rings. The number of carboxylic acid groups (broad SMARTS) is 1. The van der Waals surface area contributed by atoms with Gasteiger partial charge in [0.2, 0.25) is 0 Å². The molecule has 0 bridgehead atoms. The number of hydrogen-bond donors (Lipinski definition) is 2. The minimum Gasteiger partial charge on any atom is -0.480 e. The summed E-state index contributed by atoms with van der Waals surface area (Å²) in [5.74, 6) is -1.18. The number of alkyl carbamates (subject to hydrolysis) is 1. The molecule has 0 aromatic heterocycles. The van der Waals surface area contributed by atoms with Gasteiger partial charge in [-0.15, -0.1) is 0 Å². The molecule has 0 heterocycles. The van der Waals surface area contributed by atoms with Crippen LogP contribution in [0.25, 0.3) is 0 Å². The Balaban J connectivity index is 2.81. The molecule has 0 aliphatic heterocycles. The monoisotopic (exact) mass is 333 g/mol. The Morgan fingerprint density at radius 2 is 1.95 bits per heavy atom. The predicted octanol–water partition coefficient (Wildman–Crippen LogP) is 3.51. The molecule has 0 spiro atoms. The molecule has 5 nitrogen and oxygen atoms in total. The predicted molar refractivity (Wildman–Crippen MR) is 81.0 cm³/mol. The molecule has 0 saturated heterocycles. The van der Waals surface area contributed by atoms with Crippen molar-refractivity contribution in [3.8, 4) is 0 Å². The van der Waals surface area contributed by atoms with E-state index in [9.17, 15) is 14.7 Å². The lowest BCUT2D eigenvalue weighted by Gasteiger charge is -2.22. The van der Waals surface area contributed by atoms with Crippen molar-refractivity contribution in [1.82, 2.24) is 5.32 Å². The first-order valence-electron chi connectivity index (χ1n) is 6.25. The maximum absolute atomic E-state index is 11.7. The smallest absolute Gasteiger partial charge is 0.408 e. The van der Waals surface area contributed by atoms with Gasteiger partial charge in [-0.3, -0.25) is 0 Å². The van der Waals surface area contributed by atoms with E-state index in [4.69, 9.17) is 27.9 Å². The molecule has 0 radical (unpaired) electrons. The van der Waals surface area contributed by atoms with Crippen molar-refractivity contribution in [2.45, 2.75) is 38.8 Å². The zero-order valence-corrected chi connectivity index (χ0v) is 13.5. The van der Waals surface area contributed by atoms with Crippen LogP contribution >= 0.6 is 23.2 Å². The van der Waals surface area contributed by atoms with Crippen LogP contribution < -0.4 is 5.32 Å². The van der Waals surface area contributed by atoms with Gasteiger partial charge in [-0.05, 0) is 44.5 Å². The standard InChI is InChI=1S/C14H17Cl2NO4/c1-14(2,3)21-13(20)17-11(12(18)19)7-8-6-9(15)4-5-10(8)16/h4-6,11H,7H2,1-3H3,(H,17,20)(H,18,19)/t11-/m1/s1. The third-order valence-electron chi connectivity index (χ3n) is 2.42. The molecule has 7 heteroatoms. The number of hydrogen-bond acceptors (Lipinski definition) is 3. The number of carboxylic acids is 1. The average molecular weight is 334 g/mol. The normalized spacial score (nSPS) is 12.6. The second-order valence-electron chi connectivity index (χ2n) is 5.48. The summed E-state index contributed by atoms with van der Waals surface area (Å²) in [6.07, 6.45) is -0.790. The van der Waals surface area contributed by atoms with Gasteiger partial charge in [-0.2, -0.15) is 0 Å². The van der Waals surface area contributed by atoms with Crippen LogP contribution in [0.4, 0.5) is 4.79 Å². The van der Waals surface area contributed by atoms with E-state index in [0.29, 0.717) is 15.6 Å². The van der Waals surface area contributed by atoms with Gasteiger partial charge in [0.05, 0.1) is 0 Å². The lowest BCUT2D eigenvalue weighted by molar-refractivity contribution is -0.139. The second-order valence-corrected chi connectivity index (χ2v) is 6.32. The first-order valence-corrected chi connectivity index (χ1v) is 7.00. The number of carbonyl (C=O) groups is 2. The molecule has 21 heavy (non-hydrogen) atoms. The van der Waals surface area contributed by atoms with Crippen LogP contribution in [0.2, 0.25) is 10.0 Å². The van der Waals surface area contributed by atoms with Gasteiger partial charge >= 0.3 is 12.1 Å². The number of rotatable bonds is 4. The van der Waals surface area contributed by atoms with Gasteiger partial charge in [-0.1, -0.05) is 23.2 Å². The fraction of sp³-hybridized carbons (Fsp3) is 0.429. The number of carbonyl (C=O) groups excluding carboxylic acids is 1. The highest BCUT2D eigenvalue weighted by Gasteiger charge is 2.25. The number of amides is 1. The zero-order chi connectivity index (χ0) is 16.2. The maximum Gasteiger partial charge on any atom is 0.408 e. The first-order chi connectivity index (χ1) is 9.58. The molecule has 116 valence electrons. The topological polar surface area (TPSA) is 75.6 Å². The number of aliphatic carboxylic acids is 1. The molecule has 1 rings (SSSR count). The highest BCUT2D eigenvalue weighted by atomic mass is 35.5. The molecule has 1 aromatic rings. The summed E-state index contributed by atoms with van der Waals surface area (Å²) < 4.78 is 5.04. The largest absolute Gasteiger partial charge is 0.480 e. The molecule has 1 atom stereocenters. The molecule has 0 unspecified atom stereocenters. The zero-order valence-electron chi connectivity index (χ0n) is 11.9. The SMILES string of the molecule is CC(C)(C)OC(=O)N[C@H](Cc1cc(Cl)ccc1Cl)C(=O)O. The summed E-state index contributed by atoms with van der Waals surface area (Å²) in [6.45, 7) is 5.07. The lowest BCUT2D eigenvalue weighted by atomic mass is 10.1. The Kier molecular flexibility index (Phi) is 5.87. The van der Waals surface area contributed by atoms with E-state index >= 15 is 0 Å². The molecule has 2 N–H and O–H groups in total. The lowest BCUT2D eigenvalue weighted by Crippen LogP contribution is -2.44. The third kappa shape index (κ3) is 6.23. The Morgan fingerprint density at radius 1 is 1.33 bits per heavy atom. The number of ether oxygens (including phenoxy) is 1. The average Bonchev–Trinajstić information content (AvgIpc) is 2.30. The van der Waals surface area contributed by atoms with Gasteiger partial charge in [0.15, 0.2) is 0 Å². The van der Waals surface area contributed by atoms with Crippen LogP contribution in [0.1, 0.15) is 26.3 Å². The van der Waals surface area contributed by atoms with E-state index in [-0.39, 0.29) is 6.42 Å². The van der Waals surface area contributed by atoms with Gasteiger partial charge in [-0.25, -0.2) is 9.59 Å². The highest BCUT2D eigenvalue weighted by molar-refractivity contribution is 6.33. The van der Waals surface area contributed by atoms with Crippen LogP contribution in [-0.4, -0.2) is 28.8 Å². The summed E-state index contributed by atoms with van der Waals surface area (Å²) in [4.78, 5) is 22.9. The Bertz CT molecular complexity index is 540. The van der Waals surface area contributed by atoms with Crippen molar-refractivity contribution < 1.29 is 19.4 Å². The fourth-order valence-electron chi connectivity index (χ4n) is 1.57. The molecule has 0 aliphatic carbocycles. The van der Waals surface area contributed by atoms with Gasteiger partial charge in [0, 0.05) is 16.5 Å². The molecular weight excluding hydrogens is 317 g/mol. The van der Waals surface area contributed by atoms with Crippen LogP contribution in [0.5, 0.6) is 0 Å². The summed E-state index contributed by atoms with van der Waals surface area (Å²) in [5.41, 5.74) is -0.173. The number of halogens is 2. The minimum absolute atomic E-state index is 0.00791. The van der Waals surface area contributed by atoms with Crippen LogP contribution in [0.3, 0.4) is 0 Å². The second kappa shape index (κ2) is 7.00. The van der Waals surface area contributed by atoms with Gasteiger partial charge in [0.25, 0.3) is 0 Å². The van der Waals surface area contributed by atoms with E-state index in [1.807, 2.05) is 0 Å². The summed E-state index contributed by atoms with van der Waals surface area (Å²) in [7, 11) is 0. The Morgan fingerprint density at radius 3 is 2.48 bits per heavy atom. The van der Waals surface area contributed by atoms with Crippen molar-refractivity contribution in [1.29, 1.82) is 0 Å². The van der Waals surface area contributed by atoms with E-state index in [1.54, 1.807) is 39.0 Å². The number of nitrogens with one attached hydrogen (secondary N) is 1. The van der Waals surface area contributed by atoms with Gasteiger partial charge in [0.1, 0.15) is 11.6 Å². The molecular formula is C14H17Cl2NO4. The fourth-order valence-corrected chi connectivity index (χ4v) is 1.96. The molecule has 0 aliphatic rings.